The van der Waals surface area contributed by atoms with Crippen molar-refractivity contribution in [3.8, 4) is 0 Å². The van der Waals surface area contributed by atoms with E-state index < -0.39 is 9.71 Å². The molecule has 0 fully saturated rings. The summed E-state index contributed by atoms with van der Waals surface area (Å²) in [5, 5.41) is 0.212. The van der Waals surface area contributed by atoms with Gasteiger partial charge in [-0.15, -0.1) is 11.6 Å². The van der Waals surface area contributed by atoms with Gasteiger partial charge in [0.1, 0.15) is 0 Å². The maximum atomic E-state index is 10.5. The molecule has 0 aliphatic heterocycles. The molecule has 1 aromatic carbocycles. The summed E-state index contributed by atoms with van der Waals surface area (Å²) in [5.41, 5.74) is 0.827. The van der Waals surface area contributed by atoms with E-state index in [1.54, 1.807) is 24.3 Å². The SMILES string of the molecule is O=CC(Cl)(Cl)CC(Cl)c1ccc(Cl)cc1. The Kier molecular flexibility index (Phi) is 4.72. The molecule has 0 radical (unpaired) electrons. The summed E-state index contributed by atoms with van der Waals surface area (Å²) < 4.78 is -1.44. The van der Waals surface area contributed by atoms with E-state index in [0.29, 0.717) is 11.3 Å². The Labute approximate surface area is 108 Å². The largest absolute Gasteiger partial charge is 0.300 e. The first-order valence-electron chi connectivity index (χ1n) is 4.18. The zero-order valence-corrected chi connectivity index (χ0v) is 10.6. The third kappa shape index (κ3) is 4.20. The van der Waals surface area contributed by atoms with Crippen LogP contribution in [0.4, 0.5) is 0 Å². The Hall–Kier alpha value is 0.0500. The molecule has 82 valence electrons. The molecule has 0 saturated carbocycles. The van der Waals surface area contributed by atoms with Crippen LogP contribution in [0.25, 0.3) is 0 Å². The van der Waals surface area contributed by atoms with Crippen molar-refractivity contribution in [1.29, 1.82) is 0 Å². The first kappa shape index (κ1) is 13.1. The second kappa shape index (κ2) is 5.40. The van der Waals surface area contributed by atoms with Crippen LogP contribution in [0.3, 0.4) is 0 Å². The van der Waals surface area contributed by atoms with E-state index >= 15 is 0 Å². The molecule has 0 aliphatic rings. The Bertz CT molecular complexity index is 334. The van der Waals surface area contributed by atoms with E-state index in [2.05, 4.69) is 0 Å². The minimum Gasteiger partial charge on any atom is -0.300 e. The molecule has 0 aliphatic carbocycles. The first-order valence-corrected chi connectivity index (χ1v) is 5.75. The number of alkyl halides is 3. The summed E-state index contributed by atoms with van der Waals surface area (Å²) in [5.74, 6) is 0. The highest BCUT2D eigenvalue weighted by Gasteiger charge is 2.27. The number of hydrogen-bond donors (Lipinski definition) is 0. The van der Waals surface area contributed by atoms with Crippen molar-refractivity contribution in [2.75, 3.05) is 0 Å². The molecule has 15 heavy (non-hydrogen) atoms. The van der Waals surface area contributed by atoms with Gasteiger partial charge in [-0.3, -0.25) is 0 Å². The number of carbonyl (C=O) groups excluding carboxylic acids is 1. The van der Waals surface area contributed by atoms with Gasteiger partial charge in [0.05, 0.1) is 5.38 Å². The fourth-order valence-electron chi connectivity index (χ4n) is 1.08. The maximum absolute atomic E-state index is 10.5. The number of rotatable bonds is 4. The lowest BCUT2D eigenvalue weighted by Crippen LogP contribution is -2.16. The Morgan fingerprint density at radius 3 is 2.27 bits per heavy atom. The van der Waals surface area contributed by atoms with E-state index in [0.717, 1.165) is 5.56 Å². The molecule has 0 bridgehead atoms. The van der Waals surface area contributed by atoms with E-state index in [1.807, 2.05) is 0 Å². The van der Waals surface area contributed by atoms with E-state index in [-0.39, 0.29) is 6.42 Å². The van der Waals surface area contributed by atoms with Crippen LogP contribution < -0.4 is 0 Å². The topological polar surface area (TPSA) is 17.1 Å². The highest BCUT2D eigenvalue weighted by molar-refractivity contribution is 6.55. The lowest BCUT2D eigenvalue weighted by molar-refractivity contribution is -0.108. The van der Waals surface area contributed by atoms with Crippen LogP contribution in [0.2, 0.25) is 5.02 Å². The van der Waals surface area contributed by atoms with Gasteiger partial charge < -0.3 is 4.79 Å². The molecule has 0 aromatic heterocycles. The van der Waals surface area contributed by atoms with Crippen molar-refractivity contribution >= 4 is 52.7 Å². The molecule has 1 unspecified atom stereocenters. The predicted octanol–water partition coefficient (Wildman–Crippen LogP) is 4.38. The molecule has 0 amide bonds. The number of benzene rings is 1. The number of halogens is 4. The van der Waals surface area contributed by atoms with E-state index in [1.165, 1.54) is 0 Å². The molecule has 0 spiro atoms. The molecular formula is C10H8Cl4O. The van der Waals surface area contributed by atoms with Gasteiger partial charge in [-0.2, -0.15) is 0 Å². The van der Waals surface area contributed by atoms with Crippen molar-refractivity contribution in [1.82, 2.24) is 0 Å². The number of hydrogen-bond acceptors (Lipinski definition) is 1. The third-order valence-electron chi connectivity index (χ3n) is 1.86. The molecular weight excluding hydrogens is 278 g/mol. The fourth-order valence-corrected chi connectivity index (χ4v) is 2.06. The van der Waals surface area contributed by atoms with Gasteiger partial charge in [0.25, 0.3) is 0 Å². The second-order valence-electron chi connectivity index (χ2n) is 3.10. The Morgan fingerprint density at radius 1 is 1.27 bits per heavy atom. The highest BCUT2D eigenvalue weighted by Crippen LogP contribution is 2.35. The van der Waals surface area contributed by atoms with Crippen LogP contribution in [0.15, 0.2) is 24.3 Å². The van der Waals surface area contributed by atoms with Crippen LogP contribution >= 0.6 is 46.4 Å². The van der Waals surface area contributed by atoms with Crippen LogP contribution in [-0.4, -0.2) is 10.6 Å². The van der Waals surface area contributed by atoms with Crippen LogP contribution in [0.5, 0.6) is 0 Å². The quantitative estimate of drug-likeness (QED) is 0.593. The third-order valence-corrected chi connectivity index (χ3v) is 3.00. The molecule has 1 nitrogen and oxygen atoms in total. The van der Waals surface area contributed by atoms with Gasteiger partial charge in [0.2, 0.25) is 0 Å². The smallest absolute Gasteiger partial charge is 0.174 e. The van der Waals surface area contributed by atoms with Crippen LogP contribution in [0, 0.1) is 0 Å². The fraction of sp³-hybridized carbons (Fsp3) is 0.300. The summed E-state index contributed by atoms with van der Waals surface area (Å²) >= 11 is 23.1. The Morgan fingerprint density at radius 2 is 1.80 bits per heavy atom. The van der Waals surface area contributed by atoms with Crippen LogP contribution in [0.1, 0.15) is 17.4 Å². The maximum Gasteiger partial charge on any atom is 0.174 e. The van der Waals surface area contributed by atoms with Crippen LogP contribution in [-0.2, 0) is 4.79 Å². The highest BCUT2D eigenvalue weighted by atomic mass is 35.5. The summed E-state index contributed by atoms with van der Waals surface area (Å²) in [7, 11) is 0. The standard InChI is InChI=1S/C10H8Cl4O/c11-8-3-1-7(2-4-8)9(12)5-10(13,14)6-15/h1-4,6,9H,5H2. The van der Waals surface area contributed by atoms with Gasteiger partial charge in [-0.05, 0) is 17.7 Å². The van der Waals surface area contributed by atoms with Gasteiger partial charge >= 0.3 is 0 Å². The lowest BCUT2D eigenvalue weighted by atomic mass is 10.1. The molecule has 0 heterocycles. The first-order chi connectivity index (χ1) is 6.94. The summed E-state index contributed by atoms with van der Waals surface area (Å²) in [6.45, 7) is 0. The molecule has 0 saturated heterocycles. The monoisotopic (exact) mass is 284 g/mol. The van der Waals surface area contributed by atoms with Gasteiger partial charge in [-0.25, -0.2) is 0 Å². The molecule has 1 rings (SSSR count). The lowest BCUT2D eigenvalue weighted by Gasteiger charge is -2.16. The molecule has 0 N–H and O–H groups in total. The summed E-state index contributed by atoms with van der Waals surface area (Å²) in [6, 6.07) is 6.98. The summed E-state index contributed by atoms with van der Waals surface area (Å²) in [4.78, 5) is 10.5. The van der Waals surface area contributed by atoms with Gasteiger partial charge in [-0.1, -0.05) is 46.9 Å². The predicted molar refractivity (Wildman–Crippen MR) is 65.2 cm³/mol. The zero-order chi connectivity index (χ0) is 11.5. The van der Waals surface area contributed by atoms with Crippen molar-refractivity contribution in [3.05, 3.63) is 34.9 Å². The molecule has 1 aromatic rings. The van der Waals surface area contributed by atoms with Crippen molar-refractivity contribution < 1.29 is 4.79 Å². The van der Waals surface area contributed by atoms with Crippen molar-refractivity contribution in [2.24, 2.45) is 0 Å². The van der Waals surface area contributed by atoms with Gasteiger partial charge in [0.15, 0.2) is 10.6 Å². The van der Waals surface area contributed by atoms with Gasteiger partial charge in [0, 0.05) is 11.4 Å². The second-order valence-corrected chi connectivity index (χ2v) is 5.61. The van der Waals surface area contributed by atoms with E-state index in [4.69, 9.17) is 46.4 Å². The minimum absolute atomic E-state index is 0.156. The number of aldehydes is 1. The van der Waals surface area contributed by atoms with E-state index in [9.17, 15) is 4.79 Å². The Balaban J connectivity index is 2.73. The average Bonchev–Trinajstić information content (AvgIpc) is 2.18. The zero-order valence-electron chi connectivity index (χ0n) is 7.59. The average molecular weight is 286 g/mol. The molecule has 1 atom stereocenters. The van der Waals surface area contributed by atoms with Crippen molar-refractivity contribution in [2.45, 2.75) is 16.1 Å². The number of carbonyl (C=O) groups is 1. The molecule has 5 heteroatoms. The minimum atomic E-state index is -1.44. The normalized spacial score (nSPS) is 13.6. The summed E-state index contributed by atoms with van der Waals surface area (Å²) in [6.07, 6.45) is 0.629. The van der Waals surface area contributed by atoms with Crippen molar-refractivity contribution in [3.63, 3.8) is 0 Å².